The largest absolute Gasteiger partial charge is 0.328 e. The van der Waals surface area contributed by atoms with E-state index in [0.29, 0.717) is 13.2 Å². The molecule has 0 atom stereocenters. The van der Waals surface area contributed by atoms with E-state index in [4.69, 9.17) is 0 Å². The van der Waals surface area contributed by atoms with E-state index in [9.17, 15) is 4.79 Å². The molecule has 1 fully saturated rings. The summed E-state index contributed by atoms with van der Waals surface area (Å²) in [5, 5.41) is 3.00. The molecule has 11 heavy (non-hydrogen) atoms. The van der Waals surface area contributed by atoms with Gasteiger partial charge in [0.25, 0.3) is 0 Å². The summed E-state index contributed by atoms with van der Waals surface area (Å²) in [5.74, 6) is 0.215. The number of hydrogen-bond donors (Lipinski definition) is 1. The minimum absolute atomic E-state index is 0.215. The van der Waals surface area contributed by atoms with E-state index in [1.54, 1.807) is 0 Å². The van der Waals surface area contributed by atoms with Crippen LogP contribution in [0.1, 0.15) is 0 Å². The number of likely N-dealkylation sites (N-methyl/N-ethyl adjacent to an activating group) is 1. The highest BCUT2D eigenvalue weighted by atomic mass is 16.2. The van der Waals surface area contributed by atoms with Crippen LogP contribution in [0.5, 0.6) is 0 Å². The Kier molecular flexibility index (Phi) is 2.84. The number of nitrogens with zero attached hydrogens (tertiary/aromatic N) is 2. The van der Waals surface area contributed by atoms with Gasteiger partial charge >= 0.3 is 0 Å². The molecule has 0 aromatic carbocycles. The van der Waals surface area contributed by atoms with Crippen LogP contribution in [0.4, 0.5) is 0 Å². The molecule has 1 amide bonds. The third-order valence-corrected chi connectivity index (χ3v) is 1.75. The maximum Gasteiger partial charge on any atom is 0.237 e. The average molecular weight is 157 g/mol. The fraction of sp³-hybridized carbons (Fsp3) is 0.857. The van der Waals surface area contributed by atoms with Crippen molar-refractivity contribution in [3.63, 3.8) is 0 Å². The molecule has 4 heteroatoms. The van der Waals surface area contributed by atoms with E-state index in [1.807, 2.05) is 19.0 Å². The number of amides is 1. The first kappa shape index (κ1) is 8.49. The Hall–Kier alpha value is -0.610. The van der Waals surface area contributed by atoms with Gasteiger partial charge in [-0.25, -0.2) is 0 Å². The lowest BCUT2D eigenvalue weighted by Gasteiger charge is -2.17. The summed E-state index contributed by atoms with van der Waals surface area (Å²) in [7, 11) is 4.02. The van der Waals surface area contributed by atoms with Crippen molar-refractivity contribution in [1.82, 2.24) is 15.1 Å². The summed E-state index contributed by atoms with van der Waals surface area (Å²) >= 11 is 0. The van der Waals surface area contributed by atoms with Crippen molar-refractivity contribution < 1.29 is 4.79 Å². The molecule has 0 aromatic rings. The minimum Gasteiger partial charge on any atom is -0.328 e. The summed E-state index contributed by atoms with van der Waals surface area (Å²) < 4.78 is 0. The van der Waals surface area contributed by atoms with Crippen LogP contribution in [0.2, 0.25) is 0 Å². The molecule has 1 aliphatic heterocycles. The Morgan fingerprint density at radius 2 is 2.36 bits per heavy atom. The van der Waals surface area contributed by atoms with E-state index in [0.717, 1.165) is 13.1 Å². The van der Waals surface area contributed by atoms with Gasteiger partial charge in [0.15, 0.2) is 0 Å². The zero-order valence-electron chi connectivity index (χ0n) is 7.13. The molecule has 0 aromatic heterocycles. The maximum absolute atomic E-state index is 11.0. The van der Waals surface area contributed by atoms with Gasteiger partial charge in [-0.05, 0) is 14.1 Å². The molecule has 1 heterocycles. The van der Waals surface area contributed by atoms with Gasteiger partial charge in [-0.2, -0.15) is 0 Å². The predicted octanol–water partition coefficient (Wildman–Crippen LogP) is -1.06. The Bertz CT molecular complexity index is 147. The zero-order valence-corrected chi connectivity index (χ0v) is 7.13. The van der Waals surface area contributed by atoms with Crippen molar-refractivity contribution in [3.8, 4) is 0 Å². The van der Waals surface area contributed by atoms with E-state index >= 15 is 0 Å². The van der Waals surface area contributed by atoms with Gasteiger partial charge < -0.3 is 9.80 Å². The normalized spacial score (nSPS) is 18.5. The Morgan fingerprint density at radius 3 is 2.82 bits per heavy atom. The van der Waals surface area contributed by atoms with Crippen LogP contribution < -0.4 is 5.32 Å². The predicted molar refractivity (Wildman–Crippen MR) is 43.1 cm³/mol. The van der Waals surface area contributed by atoms with Crippen molar-refractivity contribution in [2.75, 3.05) is 40.4 Å². The van der Waals surface area contributed by atoms with Crippen molar-refractivity contribution in [3.05, 3.63) is 0 Å². The average Bonchev–Trinajstić information content (AvgIpc) is 2.31. The SMILES string of the molecule is CN(C)CCN1CNCC1=O. The van der Waals surface area contributed by atoms with E-state index < -0.39 is 0 Å². The molecule has 1 aliphatic rings. The van der Waals surface area contributed by atoms with E-state index in [2.05, 4.69) is 10.2 Å². The number of nitrogens with one attached hydrogen (secondary N) is 1. The number of carbonyl (C=O) groups is 1. The molecule has 0 aliphatic carbocycles. The van der Waals surface area contributed by atoms with Crippen molar-refractivity contribution in [2.45, 2.75) is 0 Å². The molecular weight excluding hydrogens is 142 g/mol. The fourth-order valence-corrected chi connectivity index (χ4v) is 1.02. The highest BCUT2D eigenvalue weighted by Gasteiger charge is 2.18. The van der Waals surface area contributed by atoms with Crippen molar-refractivity contribution >= 4 is 5.91 Å². The lowest BCUT2D eigenvalue weighted by molar-refractivity contribution is -0.126. The van der Waals surface area contributed by atoms with Gasteiger partial charge in [-0.3, -0.25) is 10.1 Å². The van der Waals surface area contributed by atoms with Crippen LogP contribution >= 0.6 is 0 Å². The molecule has 0 radical (unpaired) electrons. The molecule has 0 bridgehead atoms. The lowest BCUT2D eigenvalue weighted by atomic mass is 10.5. The van der Waals surface area contributed by atoms with Gasteiger partial charge in [-0.15, -0.1) is 0 Å². The molecule has 64 valence electrons. The molecule has 4 nitrogen and oxygen atoms in total. The molecule has 1 rings (SSSR count). The summed E-state index contributed by atoms with van der Waals surface area (Å²) in [6.07, 6.45) is 0. The topological polar surface area (TPSA) is 35.6 Å². The summed E-state index contributed by atoms with van der Waals surface area (Å²) in [4.78, 5) is 14.9. The van der Waals surface area contributed by atoms with Crippen LogP contribution in [-0.2, 0) is 4.79 Å². The molecule has 0 saturated carbocycles. The third-order valence-electron chi connectivity index (χ3n) is 1.75. The van der Waals surface area contributed by atoms with E-state index in [1.165, 1.54) is 0 Å². The third kappa shape index (κ3) is 2.48. The maximum atomic E-state index is 11.0. The monoisotopic (exact) mass is 157 g/mol. The smallest absolute Gasteiger partial charge is 0.237 e. The Balaban J connectivity index is 2.20. The molecule has 1 N–H and O–H groups in total. The van der Waals surface area contributed by atoms with Gasteiger partial charge in [0, 0.05) is 13.1 Å². The summed E-state index contributed by atoms with van der Waals surface area (Å²) in [6.45, 7) is 2.99. The second-order valence-electron chi connectivity index (χ2n) is 3.05. The number of carbonyl (C=O) groups excluding carboxylic acids is 1. The first-order valence-corrected chi connectivity index (χ1v) is 3.83. The number of rotatable bonds is 3. The van der Waals surface area contributed by atoms with Crippen LogP contribution in [-0.4, -0.2) is 56.1 Å². The van der Waals surface area contributed by atoms with Gasteiger partial charge in [-0.1, -0.05) is 0 Å². The minimum atomic E-state index is 0.215. The first-order valence-electron chi connectivity index (χ1n) is 3.83. The molecule has 0 spiro atoms. The van der Waals surface area contributed by atoms with Crippen LogP contribution in [0, 0.1) is 0 Å². The Morgan fingerprint density at radius 1 is 1.64 bits per heavy atom. The second-order valence-corrected chi connectivity index (χ2v) is 3.05. The second kappa shape index (κ2) is 3.69. The summed E-state index contributed by atoms with van der Waals surface area (Å²) in [6, 6.07) is 0. The van der Waals surface area contributed by atoms with Crippen molar-refractivity contribution in [1.29, 1.82) is 0 Å². The van der Waals surface area contributed by atoms with Gasteiger partial charge in [0.2, 0.25) is 5.91 Å². The molecule has 1 saturated heterocycles. The standard InChI is InChI=1S/C7H15N3O/c1-9(2)3-4-10-6-8-5-7(10)11/h8H,3-6H2,1-2H3. The zero-order chi connectivity index (χ0) is 8.27. The summed E-state index contributed by atoms with van der Waals surface area (Å²) in [5.41, 5.74) is 0. The van der Waals surface area contributed by atoms with Gasteiger partial charge in [0.1, 0.15) is 0 Å². The highest BCUT2D eigenvalue weighted by molar-refractivity contribution is 5.79. The quantitative estimate of drug-likeness (QED) is 0.567. The molecular formula is C7H15N3O. The lowest BCUT2D eigenvalue weighted by Crippen LogP contribution is -2.33. The van der Waals surface area contributed by atoms with Crippen LogP contribution in [0.3, 0.4) is 0 Å². The first-order chi connectivity index (χ1) is 5.20. The van der Waals surface area contributed by atoms with Crippen LogP contribution in [0.15, 0.2) is 0 Å². The van der Waals surface area contributed by atoms with Crippen LogP contribution in [0.25, 0.3) is 0 Å². The van der Waals surface area contributed by atoms with E-state index in [-0.39, 0.29) is 5.91 Å². The fourth-order valence-electron chi connectivity index (χ4n) is 1.02. The number of hydrogen-bond acceptors (Lipinski definition) is 3. The van der Waals surface area contributed by atoms with Crippen molar-refractivity contribution in [2.24, 2.45) is 0 Å². The van der Waals surface area contributed by atoms with Gasteiger partial charge in [0.05, 0.1) is 13.2 Å². The molecule has 0 unspecified atom stereocenters. The highest BCUT2D eigenvalue weighted by Crippen LogP contribution is 1.93. The Labute approximate surface area is 67.2 Å².